The molecule has 0 aromatic carbocycles. The molecule has 0 bridgehead atoms. The molecule has 0 atom stereocenters. The summed E-state index contributed by atoms with van der Waals surface area (Å²) in [6.45, 7) is 4.20. The van der Waals surface area contributed by atoms with Gasteiger partial charge in [-0.15, -0.1) is 0 Å². The number of nitrogens with zero attached hydrogens (tertiary/aromatic N) is 4. The number of carbonyl (C=O) groups is 1. The molecule has 2 aromatic rings. The number of carbonyl (C=O) groups excluding carboxylic acids is 1. The maximum absolute atomic E-state index is 12.4. The highest BCUT2D eigenvalue weighted by Crippen LogP contribution is 2.38. The molecule has 1 aliphatic rings. The number of hydrogen-bond donors (Lipinski definition) is 0. The molecule has 3 rings (SSSR count). The SMILES string of the molecule is Cc1cc(C(=O)Cn2ccnc2C#N)c(C)n1C1CC1. The van der Waals surface area contributed by atoms with E-state index in [1.54, 1.807) is 17.0 Å². The molecule has 2 aromatic heterocycles. The van der Waals surface area contributed by atoms with Crippen molar-refractivity contribution in [2.24, 2.45) is 0 Å². The molecule has 0 radical (unpaired) electrons. The minimum atomic E-state index is 0.0273. The van der Waals surface area contributed by atoms with E-state index in [1.165, 1.54) is 12.8 Å². The van der Waals surface area contributed by atoms with Crippen molar-refractivity contribution in [2.75, 3.05) is 0 Å². The van der Waals surface area contributed by atoms with Gasteiger partial charge in [0.15, 0.2) is 5.78 Å². The van der Waals surface area contributed by atoms with E-state index >= 15 is 0 Å². The summed E-state index contributed by atoms with van der Waals surface area (Å²) >= 11 is 0. The van der Waals surface area contributed by atoms with E-state index in [2.05, 4.69) is 9.55 Å². The second-order valence-electron chi connectivity index (χ2n) is 5.30. The van der Waals surface area contributed by atoms with Gasteiger partial charge in [-0.05, 0) is 32.8 Å². The number of hydrogen-bond acceptors (Lipinski definition) is 3. The fraction of sp³-hybridized carbons (Fsp3) is 0.400. The van der Waals surface area contributed by atoms with Crippen molar-refractivity contribution < 1.29 is 4.79 Å². The van der Waals surface area contributed by atoms with E-state index in [0.29, 0.717) is 6.04 Å². The van der Waals surface area contributed by atoms with Gasteiger partial charge in [0.2, 0.25) is 5.82 Å². The van der Waals surface area contributed by atoms with Crippen molar-refractivity contribution in [2.45, 2.75) is 39.3 Å². The average Bonchev–Trinajstić information content (AvgIpc) is 3.07. The summed E-state index contributed by atoms with van der Waals surface area (Å²) in [5.74, 6) is 0.300. The van der Waals surface area contributed by atoms with Gasteiger partial charge in [0.1, 0.15) is 6.07 Å². The van der Waals surface area contributed by atoms with E-state index in [1.807, 2.05) is 26.0 Å². The lowest BCUT2D eigenvalue weighted by Crippen LogP contribution is -2.12. The lowest BCUT2D eigenvalue weighted by Gasteiger charge is -2.08. The molecule has 0 saturated heterocycles. The normalized spacial score (nSPS) is 14.2. The van der Waals surface area contributed by atoms with Crippen LogP contribution in [-0.4, -0.2) is 19.9 Å². The topological polar surface area (TPSA) is 63.6 Å². The number of rotatable bonds is 4. The highest BCUT2D eigenvalue weighted by molar-refractivity contribution is 5.97. The van der Waals surface area contributed by atoms with E-state index in [0.717, 1.165) is 17.0 Å². The molecule has 0 spiro atoms. The molecule has 2 heterocycles. The Morgan fingerprint density at radius 2 is 2.25 bits per heavy atom. The van der Waals surface area contributed by atoms with Crippen molar-refractivity contribution in [1.29, 1.82) is 5.26 Å². The zero-order valence-corrected chi connectivity index (χ0v) is 11.6. The van der Waals surface area contributed by atoms with Gasteiger partial charge >= 0.3 is 0 Å². The molecule has 1 aliphatic carbocycles. The maximum Gasteiger partial charge on any atom is 0.213 e. The van der Waals surface area contributed by atoms with Crippen LogP contribution in [0.25, 0.3) is 0 Å². The van der Waals surface area contributed by atoms with Crippen LogP contribution in [0, 0.1) is 25.2 Å². The lowest BCUT2D eigenvalue weighted by atomic mass is 10.1. The van der Waals surface area contributed by atoms with Crippen LogP contribution in [0.3, 0.4) is 0 Å². The van der Waals surface area contributed by atoms with Gasteiger partial charge in [-0.25, -0.2) is 4.98 Å². The van der Waals surface area contributed by atoms with Crippen LogP contribution >= 0.6 is 0 Å². The van der Waals surface area contributed by atoms with Crippen LogP contribution in [-0.2, 0) is 6.54 Å². The average molecular weight is 268 g/mol. The van der Waals surface area contributed by atoms with Crippen molar-refractivity contribution >= 4 is 5.78 Å². The van der Waals surface area contributed by atoms with Crippen molar-refractivity contribution in [3.63, 3.8) is 0 Å². The fourth-order valence-electron chi connectivity index (χ4n) is 2.74. The van der Waals surface area contributed by atoms with Crippen LogP contribution in [0.5, 0.6) is 0 Å². The Morgan fingerprint density at radius 3 is 2.90 bits per heavy atom. The molecule has 0 unspecified atom stereocenters. The Balaban J connectivity index is 1.88. The molecule has 1 saturated carbocycles. The lowest BCUT2D eigenvalue weighted by molar-refractivity contribution is 0.0971. The second-order valence-corrected chi connectivity index (χ2v) is 5.30. The number of aromatic nitrogens is 3. The minimum Gasteiger partial charge on any atom is -0.345 e. The Hall–Kier alpha value is -2.35. The van der Waals surface area contributed by atoms with Crippen molar-refractivity contribution in [3.05, 3.63) is 41.2 Å². The number of aryl methyl sites for hydroxylation is 1. The van der Waals surface area contributed by atoms with E-state index in [-0.39, 0.29) is 18.2 Å². The molecule has 1 fully saturated rings. The first-order chi connectivity index (χ1) is 9.61. The summed E-state index contributed by atoms with van der Waals surface area (Å²) in [5, 5.41) is 8.93. The Kier molecular flexibility index (Phi) is 2.94. The highest BCUT2D eigenvalue weighted by atomic mass is 16.1. The van der Waals surface area contributed by atoms with Crippen LogP contribution in [0.15, 0.2) is 18.5 Å². The molecule has 5 heteroatoms. The van der Waals surface area contributed by atoms with Gasteiger partial charge in [0, 0.05) is 35.4 Å². The molecule has 5 nitrogen and oxygen atoms in total. The van der Waals surface area contributed by atoms with Gasteiger partial charge in [0.25, 0.3) is 0 Å². The quantitative estimate of drug-likeness (QED) is 0.800. The number of Topliss-reactive ketones (excluding diaryl/α,β-unsaturated/α-hetero) is 1. The summed E-state index contributed by atoms with van der Waals surface area (Å²) in [6, 6.07) is 4.51. The summed E-state index contributed by atoms with van der Waals surface area (Å²) in [5.41, 5.74) is 2.93. The van der Waals surface area contributed by atoms with Crippen LogP contribution in [0.1, 0.15) is 46.5 Å². The number of imidazole rings is 1. The third-order valence-corrected chi connectivity index (χ3v) is 3.83. The molecular weight excluding hydrogens is 252 g/mol. The smallest absolute Gasteiger partial charge is 0.213 e. The van der Waals surface area contributed by atoms with Gasteiger partial charge < -0.3 is 9.13 Å². The first-order valence-corrected chi connectivity index (χ1v) is 6.74. The number of nitriles is 1. The van der Waals surface area contributed by atoms with Gasteiger partial charge in [-0.3, -0.25) is 4.79 Å². The Morgan fingerprint density at radius 1 is 1.50 bits per heavy atom. The minimum absolute atomic E-state index is 0.0273. The predicted octanol–water partition coefficient (Wildman–Crippen LogP) is 2.39. The Bertz CT molecular complexity index is 713. The van der Waals surface area contributed by atoms with Gasteiger partial charge in [-0.1, -0.05) is 0 Å². The third kappa shape index (κ3) is 2.03. The van der Waals surface area contributed by atoms with Crippen LogP contribution < -0.4 is 0 Å². The fourth-order valence-corrected chi connectivity index (χ4v) is 2.74. The second kappa shape index (κ2) is 4.64. The first kappa shape index (κ1) is 12.7. The van der Waals surface area contributed by atoms with Crippen LogP contribution in [0.4, 0.5) is 0 Å². The molecule has 20 heavy (non-hydrogen) atoms. The summed E-state index contributed by atoms with van der Waals surface area (Å²) in [7, 11) is 0. The molecular formula is C15H16N4O. The standard InChI is InChI=1S/C15H16N4O/c1-10-7-13(11(2)19(10)12-3-4-12)14(20)9-18-6-5-17-15(18)8-16/h5-7,12H,3-4,9H2,1-2H3. The molecule has 0 aliphatic heterocycles. The summed E-state index contributed by atoms with van der Waals surface area (Å²) < 4.78 is 3.85. The first-order valence-electron chi connectivity index (χ1n) is 6.74. The number of ketones is 1. The van der Waals surface area contributed by atoms with Crippen LogP contribution in [0.2, 0.25) is 0 Å². The largest absolute Gasteiger partial charge is 0.345 e. The van der Waals surface area contributed by atoms with E-state index in [9.17, 15) is 4.79 Å². The Labute approximate surface area is 117 Å². The van der Waals surface area contributed by atoms with E-state index in [4.69, 9.17) is 5.26 Å². The van der Waals surface area contributed by atoms with Crippen molar-refractivity contribution in [1.82, 2.24) is 14.1 Å². The van der Waals surface area contributed by atoms with Gasteiger partial charge in [-0.2, -0.15) is 5.26 Å². The molecule has 102 valence electrons. The summed E-state index contributed by atoms with van der Waals surface area (Å²) in [4.78, 5) is 16.3. The summed E-state index contributed by atoms with van der Waals surface area (Å²) in [6.07, 6.45) is 5.60. The van der Waals surface area contributed by atoms with Gasteiger partial charge in [0.05, 0.1) is 6.54 Å². The zero-order chi connectivity index (χ0) is 14.3. The molecule has 0 N–H and O–H groups in total. The monoisotopic (exact) mass is 268 g/mol. The molecule has 0 amide bonds. The predicted molar refractivity (Wildman–Crippen MR) is 73.4 cm³/mol. The third-order valence-electron chi connectivity index (χ3n) is 3.83. The van der Waals surface area contributed by atoms with Crippen molar-refractivity contribution in [3.8, 4) is 6.07 Å². The maximum atomic E-state index is 12.4. The van der Waals surface area contributed by atoms with E-state index < -0.39 is 0 Å². The highest BCUT2D eigenvalue weighted by Gasteiger charge is 2.28. The zero-order valence-electron chi connectivity index (χ0n) is 11.6.